The van der Waals surface area contributed by atoms with Gasteiger partial charge in [0.25, 0.3) is 0 Å². The van der Waals surface area contributed by atoms with Crippen molar-refractivity contribution in [1.82, 2.24) is 4.90 Å². The number of amides is 1. The Morgan fingerprint density at radius 1 is 1.32 bits per heavy atom. The van der Waals surface area contributed by atoms with E-state index in [9.17, 15) is 14.4 Å². The lowest BCUT2D eigenvalue weighted by atomic mass is 9.98. The lowest BCUT2D eigenvalue weighted by Crippen LogP contribution is -2.43. The summed E-state index contributed by atoms with van der Waals surface area (Å²) in [5.41, 5.74) is 1.17. The fourth-order valence-electron chi connectivity index (χ4n) is 3.47. The molecule has 0 N–H and O–H groups in total. The van der Waals surface area contributed by atoms with Crippen LogP contribution in [0.2, 0.25) is 0 Å². The van der Waals surface area contributed by atoms with Crippen molar-refractivity contribution in [2.24, 2.45) is 0 Å². The molecule has 0 radical (unpaired) electrons. The molecule has 0 aromatic carbocycles. The van der Waals surface area contributed by atoms with E-state index in [1.807, 2.05) is 17.1 Å². The number of piperidine rings is 1. The first kappa shape index (κ1) is 22.1. The molecule has 1 fully saturated rings. The van der Waals surface area contributed by atoms with E-state index in [0.29, 0.717) is 26.0 Å². The van der Waals surface area contributed by atoms with Crippen molar-refractivity contribution in [1.29, 1.82) is 0 Å². The highest BCUT2D eigenvalue weighted by Crippen LogP contribution is 2.21. The molecule has 0 aromatic rings. The molecule has 1 heterocycles. The fourth-order valence-corrected chi connectivity index (χ4v) is 3.47. The van der Waals surface area contributed by atoms with Crippen LogP contribution in [0, 0.1) is 0 Å². The summed E-state index contributed by atoms with van der Waals surface area (Å²) < 4.78 is 9.77. The zero-order valence-electron chi connectivity index (χ0n) is 16.7. The Labute approximate surface area is 167 Å². The van der Waals surface area contributed by atoms with Crippen molar-refractivity contribution in [3.63, 3.8) is 0 Å². The van der Waals surface area contributed by atoms with Gasteiger partial charge in [0.2, 0.25) is 5.91 Å². The molecule has 2 rings (SSSR count). The van der Waals surface area contributed by atoms with Crippen LogP contribution in [0.4, 0.5) is 0 Å². The number of nitrogens with zero attached hydrogens (tertiary/aromatic N) is 1. The van der Waals surface area contributed by atoms with Crippen LogP contribution in [0.3, 0.4) is 0 Å². The molecule has 1 aliphatic heterocycles. The summed E-state index contributed by atoms with van der Waals surface area (Å²) in [6.07, 6.45) is 16.2. The molecule has 0 bridgehead atoms. The van der Waals surface area contributed by atoms with Gasteiger partial charge in [0, 0.05) is 32.0 Å². The van der Waals surface area contributed by atoms with Crippen LogP contribution in [0.15, 0.2) is 36.0 Å². The standard InChI is InChI=1S/C22H31NO5/c1-27-22(26)17-28-15-5-4-14-23-19(11-7-13-21(23)25)10-3-2-8-18-9-6-12-20(24)16-18/h3,6,9-10,12,19H,2,4-5,7-8,11,13-17H2,1H3/t19-/m0/s1. The maximum atomic E-state index is 12.3. The van der Waals surface area contributed by atoms with Crippen molar-refractivity contribution < 1.29 is 23.9 Å². The first-order chi connectivity index (χ1) is 13.6. The molecule has 154 valence electrons. The third kappa shape index (κ3) is 7.80. The number of likely N-dealkylation sites (tertiary alicyclic amines) is 1. The second-order valence-corrected chi connectivity index (χ2v) is 7.18. The lowest BCUT2D eigenvalue weighted by molar-refractivity contribution is -0.145. The van der Waals surface area contributed by atoms with Gasteiger partial charge in [-0.1, -0.05) is 29.9 Å². The average molecular weight is 389 g/mol. The summed E-state index contributed by atoms with van der Waals surface area (Å²) in [5.74, 6) is 0.00369. The summed E-state index contributed by atoms with van der Waals surface area (Å²) in [7, 11) is 1.34. The van der Waals surface area contributed by atoms with Crippen LogP contribution in [0.5, 0.6) is 0 Å². The number of allylic oxidation sites excluding steroid dienone is 5. The highest BCUT2D eigenvalue weighted by atomic mass is 16.6. The second-order valence-electron chi connectivity index (χ2n) is 7.18. The van der Waals surface area contributed by atoms with E-state index >= 15 is 0 Å². The van der Waals surface area contributed by atoms with Crippen molar-refractivity contribution >= 4 is 17.7 Å². The van der Waals surface area contributed by atoms with Gasteiger partial charge in [-0.15, -0.1) is 0 Å². The Hall–Kier alpha value is -2.21. The predicted molar refractivity (Wildman–Crippen MR) is 107 cm³/mol. The van der Waals surface area contributed by atoms with Crippen LogP contribution >= 0.6 is 0 Å². The molecular weight excluding hydrogens is 358 g/mol. The van der Waals surface area contributed by atoms with Gasteiger partial charge < -0.3 is 14.4 Å². The third-order valence-corrected chi connectivity index (χ3v) is 5.00. The third-order valence-electron chi connectivity index (χ3n) is 5.00. The maximum absolute atomic E-state index is 12.3. The summed E-state index contributed by atoms with van der Waals surface area (Å²) in [6.45, 7) is 1.17. The van der Waals surface area contributed by atoms with E-state index in [0.717, 1.165) is 38.5 Å². The van der Waals surface area contributed by atoms with Gasteiger partial charge in [0.05, 0.1) is 7.11 Å². The highest BCUT2D eigenvalue weighted by molar-refractivity contribution is 5.92. The number of esters is 1. The van der Waals surface area contributed by atoms with E-state index in [4.69, 9.17) is 4.74 Å². The van der Waals surface area contributed by atoms with Gasteiger partial charge in [0.15, 0.2) is 5.78 Å². The molecule has 6 nitrogen and oxygen atoms in total. The average Bonchev–Trinajstić information content (AvgIpc) is 2.69. The lowest BCUT2D eigenvalue weighted by Gasteiger charge is -2.34. The number of ketones is 1. The van der Waals surface area contributed by atoms with E-state index in [1.54, 1.807) is 6.08 Å². The normalized spacial score (nSPS) is 20.0. The van der Waals surface area contributed by atoms with Gasteiger partial charge in [-0.25, -0.2) is 4.79 Å². The summed E-state index contributed by atoms with van der Waals surface area (Å²) in [6, 6.07) is 0.152. The minimum atomic E-state index is -0.374. The number of unbranched alkanes of at least 4 members (excludes halogenated alkanes) is 1. The number of hydrogen-bond acceptors (Lipinski definition) is 5. The number of carbonyl (C=O) groups excluding carboxylic acids is 3. The van der Waals surface area contributed by atoms with Crippen LogP contribution in [0.25, 0.3) is 0 Å². The first-order valence-electron chi connectivity index (χ1n) is 10.1. The molecule has 1 amide bonds. The number of carbonyl (C=O) groups is 3. The molecule has 1 aliphatic carbocycles. The van der Waals surface area contributed by atoms with E-state index in [-0.39, 0.29) is 30.3 Å². The topological polar surface area (TPSA) is 72.9 Å². The number of rotatable bonds is 11. The van der Waals surface area contributed by atoms with Crippen molar-refractivity contribution in [2.45, 2.75) is 57.4 Å². The molecule has 0 unspecified atom stereocenters. The highest BCUT2D eigenvalue weighted by Gasteiger charge is 2.25. The zero-order chi connectivity index (χ0) is 20.2. The predicted octanol–water partition coefficient (Wildman–Crippen LogP) is 3.13. The minimum Gasteiger partial charge on any atom is -0.467 e. The smallest absolute Gasteiger partial charge is 0.331 e. The monoisotopic (exact) mass is 389 g/mol. The van der Waals surface area contributed by atoms with Gasteiger partial charge in [-0.3, -0.25) is 9.59 Å². The van der Waals surface area contributed by atoms with Crippen molar-refractivity contribution in [3.05, 3.63) is 36.0 Å². The molecule has 1 saturated heterocycles. The van der Waals surface area contributed by atoms with E-state index in [2.05, 4.69) is 16.9 Å². The fraction of sp³-hybridized carbons (Fsp3) is 0.591. The first-order valence-corrected chi connectivity index (χ1v) is 10.1. The Morgan fingerprint density at radius 2 is 2.18 bits per heavy atom. The maximum Gasteiger partial charge on any atom is 0.331 e. The van der Waals surface area contributed by atoms with Crippen LogP contribution in [-0.2, 0) is 23.9 Å². The Balaban J connectivity index is 1.71. The molecular formula is C22H31NO5. The molecule has 0 saturated carbocycles. The van der Waals surface area contributed by atoms with Crippen molar-refractivity contribution in [2.75, 3.05) is 26.9 Å². The summed E-state index contributed by atoms with van der Waals surface area (Å²) in [5, 5.41) is 0. The second kappa shape index (κ2) is 12.3. The summed E-state index contributed by atoms with van der Waals surface area (Å²) in [4.78, 5) is 36.7. The van der Waals surface area contributed by atoms with Crippen LogP contribution < -0.4 is 0 Å². The van der Waals surface area contributed by atoms with E-state index < -0.39 is 0 Å². The SMILES string of the molecule is COC(=O)COCCCCN1C(=O)CCC[C@@H]1C=CCCC1=CC=CC(=O)C1. The molecule has 0 spiro atoms. The number of ether oxygens (including phenoxy) is 2. The summed E-state index contributed by atoms with van der Waals surface area (Å²) >= 11 is 0. The van der Waals surface area contributed by atoms with Gasteiger partial charge >= 0.3 is 5.97 Å². The molecule has 6 heteroatoms. The van der Waals surface area contributed by atoms with Crippen LogP contribution in [-0.4, -0.2) is 55.5 Å². The number of hydrogen-bond donors (Lipinski definition) is 0. The van der Waals surface area contributed by atoms with Crippen molar-refractivity contribution in [3.8, 4) is 0 Å². The largest absolute Gasteiger partial charge is 0.467 e. The van der Waals surface area contributed by atoms with Gasteiger partial charge in [-0.2, -0.15) is 0 Å². The van der Waals surface area contributed by atoms with Gasteiger partial charge in [-0.05, 0) is 44.6 Å². The van der Waals surface area contributed by atoms with E-state index in [1.165, 1.54) is 12.7 Å². The quantitative estimate of drug-likeness (QED) is 0.308. The Bertz CT molecular complexity index is 635. The molecule has 0 aromatic heterocycles. The molecule has 2 aliphatic rings. The minimum absolute atomic E-state index is 0.0255. The molecule has 1 atom stereocenters. The van der Waals surface area contributed by atoms with Crippen LogP contribution in [0.1, 0.15) is 51.4 Å². The molecule has 28 heavy (non-hydrogen) atoms. The van der Waals surface area contributed by atoms with Gasteiger partial charge in [0.1, 0.15) is 6.61 Å². The zero-order valence-corrected chi connectivity index (χ0v) is 16.7. The Morgan fingerprint density at radius 3 is 2.96 bits per heavy atom. The number of methoxy groups -OCH3 is 1. The Kier molecular flexibility index (Phi) is 9.69.